The molecule has 26 heavy (non-hydrogen) atoms. The van der Waals surface area contributed by atoms with Crippen LogP contribution in [0.3, 0.4) is 0 Å². The van der Waals surface area contributed by atoms with Crippen LogP contribution in [0.25, 0.3) is 10.9 Å². The smallest absolute Gasteiger partial charge is 0.243 e. The molecule has 3 N–H and O–H groups in total. The highest BCUT2D eigenvalue weighted by molar-refractivity contribution is 5.89. The maximum atomic E-state index is 12.8. The van der Waals surface area contributed by atoms with Crippen molar-refractivity contribution in [1.29, 1.82) is 0 Å². The molecule has 2 amide bonds. The number of para-hydroxylation sites is 1. The number of hydrogen-bond donors (Lipinski definition) is 3. The number of rotatable bonds is 6. The minimum absolute atomic E-state index is 0.136. The molecule has 0 fully saturated rings. The molecule has 134 valence electrons. The van der Waals surface area contributed by atoms with Crippen LogP contribution in [-0.4, -0.2) is 22.8 Å². The summed E-state index contributed by atoms with van der Waals surface area (Å²) in [6.45, 7) is 3.36. The van der Waals surface area contributed by atoms with Crippen LogP contribution in [0.4, 0.5) is 0 Å². The maximum Gasteiger partial charge on any atom is 0.243 e. The van der Waals surface area contributed by atoms with Crippen molar-refractivity contribution in [1.82, 2.24) is 15.6 Å². The van der Waals surface area contributed by atoms with Gasteiger partial charge in [-0.2, -0.15) is 0 Å². The van der Waals surface area contributed by atoms with Crippen molar-refractivity contribution in [2.75, 3.05) is 0 Å². The maximum absolute atomic E-state index is 12.8. The minimum Gasteiger partial charge on any atom is -0.361 e. The summed E-state index contributed by atoms with van der Waals surface area (Å²) in [5.41, 5.74) is 3.04. The molecule has 0 bridgehead atoms. The van der Waals surface area contributed by atoms with Crippen LogP contribution in [-0.2, 0) is 16.0 Å². The number of aromatic amines is 1. The number of nitrogens with one attached hydrogen (secondary N) is 3. The zero-order valence-electron chi connectivity index (χ0n) is 15.0. The largest absolute Gasteiger partial charge is 0.361 e. The van der Waals surface area contributed by atoms with E-state index in [2.05, 4.69) is 15.6 Å². The minimum atomic E-state index is -0.627. The van der Waals surface area contributed by atoms with Gasteiger partial charge in [0.25, 0.3) is 0 Å². The lowest BCUT2D eigenvalue weighted by Gasteiger charge is -2.21. The van der Waals surface area contributed by atoms with Gasteiger partial charge in [-0.05, 0) is 24.1 Å². The van der Waals surface area contributed by atoms with E-state index in [1.54, 1.807) is 0 Å². The van der Waals surface area contributed by atoms with Gasteiger partial charge < -0.3 is 15.6 Å². The summed E-state index contributed by atoms with van der Waals surface area (Å²) in [6.07, 6.45) is 2.32. The highest BCUT2D eigenvalue weighted by atomic mass is 16.2. The number of amides is 2. The lowest BCUT2D eigenvalue weighted by atomic mass is 10.0. The fraction of sp³-hybridized carbons (Fsp3) is 0.238. The summed E-state index contributed by atoms with van der Waals surface area (Å²) in [5, 5.41) is 6.83. The van der Waals surface area contributed by atoms with Crippen LogP contribution in [0.1, 0.15) is 31.0 Å². The van der Waals surface area contributed by atoms with Gasteiger partial charge in [0.2, 0.25) is 11.8 Å². The van der Waals surface area contributed by atoms with Crippen molar-refractivity contribution in [2.45, 2.75) is 32.4 Å². The van der Waals surface area contributed by atoms with Gasteiger partial charge in [-0.1, -0.05) is 48.5 Å². The Hall–Kier alpha value is -3.08. The fourth-order valence-corrected chi connectivity index (χ4v) is 3.11. The van der Waals surface area contributed by atoms with Crippen molar-refractivity contribution in [2.24, 2.45) is 0 Å². The molecule has 0 radical (unpaired) electrons. The molecule has 0 saturated carbocycles. The number of carbonyl (C=O) groups is 2. The molecule has 0 spiro atoms. The molecule has 0 saturated heterocycles. The highest BCUT2D eigenvalue weighted by Crippen LogP contribution is 2.19. The van der Waals surface area contributed by atoms with Crippen LogP contribution in [0.2, 0.25) is 0 Å². The van der Waals surface area contributed by atoms with E-state index in [0.717, 1.165) is 22.0 Å². The zero-order valence-corrected chi connectivity index (χ0v) is 15.0. The molecular formula is C21H23N3O2. The van der Waals surface area contributed by atoms with E-state index in [0.29, 0.717) is 6.42 Å². The first-order valence-electron chi connectivity index (χ1n) is 8.72. The summed E-state index contributed by atoms with van der Waals surface area (Å²) in [7, 11) is 0. The molecule has 0 unspecified atom stereocenters. The Bertz CT molecular complexity index is 902. The van der Waals surface area contributed by atoms with Gasteiger partial charge >= 0.3 is 0 Å². The van der Waals surface area contributed by atoms with Crippen molar-refractivity contribution in [3.63, 3.8) is 0 Å². The second-order valence-electron chi connectivity index (χ2n) is 6.46. The van der Waals surface area contributed by atoms with E-state index in [1.165, 1.54) is 6.92 Å². The molecule has 5 nitrogen and oxygen atoms in total. The summed E-state index contributed by atoms with van der Waals surface area (Å²) >= 11 is 0. The van der Waals surface area contributed by atoms with Gasteiger partial charge in [0.15, 0.2) is 0 Å². The van der Waals surface area contributed by atoms with E-state index in [-0.39, 0.29) is 17.9 Å². The molecule has 0 aliphatic heterocycles. The molecular weight excluding hydrogens is 326 g/mol. The van der Waals surface area contributed by atoms with Gasteiger partial charge in [0.1, 0.15) is 6.04 Å². The quantitative estimate of drug-likeness (QED) is 0.640. The standard InChI is InChI=1S/C21H23N3O2/c1-14(16-8-4-3-5-9-16)23-21(26)20(24-15(2)25)12-17-13-22-19-11-7-6-10-18(17)19/h3-11,13-14,20,22H,12H2,1-2H3,(H,23,26)(H,24,25)/t14-,20+/m1/s1. The Morgan fingerprint density at radius 2 is 1.69 bits per heavy atom. The van der Waals surface area contributed by atoms with Crippen LogP contribution >= 0.6 is 0 Å². The Labute approximate surface area is 152 Å². The Kier molecular flexibility index (Phi) is 5.37. The Morgan fingerprint density at radius 1 is 1.00 bits per heavy atom. The van der Waals surface area contributed by atoms with Crippen LogP contribution in [0.15, 0.2) is 60.8 Å². The molecule has 1 aromatic heterocycles. The molecule has 0 aliphatic rings. The molecule has 1 heterocycles. The number of aromatic nitrogens is 1. The van der Waals surface area contributed by atoms with E-state index in [4.69, 9.17) is 0 Å². The van der Waals surface area contributed by atoms with Crippen molar-refractivity contribution >= 4 is 22.7 Å². The SMILES string of the molecule is CC(=O)N[C@@H](Cc1c[nH]c2ccccc12)C(=O)N[C@H](C)c1ccccc1. The fourth-order valence-electron chi connectivity index (χ4n) is 3.11. The lowest BCUT2D eigenvalue weighted by molar-refractivity contribution is -0.128. The number of carbonyl (C=O) groups excluding carboxylic acids is 2. The first-order chi connectivity index (χ1) is 12.5. The molecule has 5 heteroatoms. The van der Waals surface area contributed by atoms with E-state index < -0.39 is 6.04 Å². The summed E-state index contributed by atoms with van der Waals surface area (Å²) < 4.78 is 0. The summed E-state index contributed by atoms with van der Waals surface area (Å²) in [4.78, 5) is 27.6. The van der Waals surface area contributed by atoms with Crippen molar-refractivity contribution in [3.8, 4) is 0 Å². The highest BCUT2D eigenvalue weighted by Gasteiger charge is 2.23. The average molecular weight is 349 g/mol. The number of H-pyrrole nitrogens is 1. The van der Waals surface area contributed by atoms with Crippen LogP contribution < -0.4 is 10.6 Å². The molecule has 2 atom stereocenters. The third-order valence-corrected chi connectivity index (χ3v) is 4.45. The predicted molar refractivity (Wildman–Crippen MR) is 103 cm³/mol. The first-order valence-corrected chi connectivity index (χ1v) is 8.72. The third kappa shape index (κ3) is 4.11. The number of fused-ring (bicyclic) bond motifs is 1. The van der Waals surface area contributed by atoms with Gasteiger partial charge in [0.05, 0.1) is 6.04 Å². The lowest BCUT2D eigenvalue weighted by Crippen LogP contribution is -2.47. The Balaban J connectivity index is 1.77. The van der Waals surface area contributed by atoms with Gasteiger partial charge in [0, 0.05) is 30.4 Å². The van der Waals surface area contributed by atoms with Crippen LogP contribution in [0, 0.1) is 0 Å². The average Bonchev–Trinajstić information content (AvgIpc) is 3.04. The van der Waals surface area contributed by atoms with E-state index in [1.807, 2.05) is 67.7 Å². The summed E-state index contributed by atoms with van der Waals surface area (Å²) in [5.74, 6) is -0.417. The van der Waals surface area contributed by atoms with E-state index in [9.17, 15) is 9.59 Å². The predicted octanol–water partition coefficient (Wildman–Crippen LogP) is 3.09. The van der Waals surface area contributed by atoms with Gasteiger partial charge in [-0.25, -0.2) is 0 Å². The van der Waals surface area contributed by atoms with Gasteiger partial charge in [-0.15, -0.1) is 0 Å². The van der Waals surface area contributed by atoms with Crippen LogP contribution in [0.5, 0.6) is 0 Å². The topological polar surface area (TPSA) is 74.0 Å². The zero-order chi connectivity index (χ0) is 18.5. The molecule has 3 rings (SSSR count). The third-order valence-electron chi connectivity index (χ3n) is 4.45. The first kappa shape index (κ1) is 17.7. The van der Waals surface area contributed by atoms with Crippen molar-refractivity contribution < 1.29 is 9.59 Å². The number of hydrogen-bond acceptors (Lipinski definition) is 2. The normalized spacial score (nSPS) is 13.2. The monoisotopic (exact) mass is 349 g/mol. The Morgan fingerprint density at radius 3 is 2.42 bits per heavy atom. The number of benzene rings is 2. The second-order valence-corrected chi connectivity index (χ2v) is 6.46. The second kappa shape index (κ2) is 7.87. The summed E-state index contributed by atoms with van der Waals surface area (Å²) in [6, 6.07) is 16.9. The molecule has 2 aromatic carbocycles. The molecule has 3 aromatic rings. The van der Waals surface area contributed by atoms with Crippen molar-refractivity contribution in [3.05, 3.63) is 71.9 Å². The van der Waals surface area contributed by atoms with E-state index >= 15 is 0 Å². The molecule has 0 aliphatic carbocycles. The van der Waals surface area contributed by atoms with Gasteiger partial charge in [-0.3, -0.25) is 9.59 Å².